The molecule has 1 aromatic rings. The normalized spacial score (nSPS) is 15.1. The standard InChI is InChI=1S/C16H25N3/c1-2-7-15(8-3-1)10-14-17-11-6-13-19-16-9-4-5-12-18-16/h1-3,7-8,17H,4-6,9-14H2,(H,18,19). The fraction of sp³-hybridized carbons (Fsp3) is 0.562. The first-order valence-corrected chi connectivity index (χ1v) is 7.47. The van der Waals surface area contributed by atoms with Crippen molar-refractivity contribution in [3.05, 3.63) is 35.9 Å². The summed E-state index contributed by atoms with van der Waals surface area (Å²) in [5.41, 5.74) is 1.41. The van der Waals surface area contributed by atoms with Gasteiger partial charge in [-0.05, 0) is 44.3 Å². The molecular formula is C16H25N3. The zero-order valence-corrected chi connectivity index (χ0v) is 11.7. The second-order valence-corrected chi connectivity index (χ2v) is 5.05. The van der Waals surface area contributed by atoms with E-state index >= 15 is 0 Å². The van der Waals surface area contributed by atoms with Crippen molar-refractivity contribution in [3.63, 3.8) is 0 Å². The van der Waals surface area contributed by atoms with Crippen LogP contribution in [0.25, 0.3) is 0 Å². The molecule has 0 radical (unpaired) electrons. The van der Waals surface area contributed by atoms with Crippen molar-refractivity contribution in [3.8, 4) is 0 Å². The van der Waals surface area contributed by atoms with Crippen LogP contribution < -0.4 is 10.6 Å². The van der Waals surface area contributed by atoms with E-state index in [4.69, 9.17) is 0 Å². The molecule has 0 atom stereocenters. The number of hydrogen-bond donors (Lipinski definition) is 2. The number of hydrogen-bond acceptors (Lipinski definition) is 3. The molecule has 1 aliphatic heterocycles. The maximum Gasteiger partial charge on any atom is 0.0963 e. The third-order valence-corrected chi connectivity index (χ3v) is 3.42. The SMILES string of the molecule is c1ccc(CCNCCCNC2=NCCCC2)cc1. The van der Waals surface area contributed by atoms with Crippen molar-refractivity contribution < 1.29 is 0 Å². The third kappa shape index (κ3) is 5.88. The van der Waals surface area contributed by atoms with Crippen LogP contribution in [0.15, 0.2) is 35.3 Å². The largest absolute Gasteiger partial charge is 0.374 e. The summed E-state index contributed by atoms with van der Waals surface area (Å²) in [4.78, 5) is 4.49. The van der Waals surface area contributed by atoms with Gasteiger partial charge in [0, 0.05) is 19.5 Å². The van der Waals surface area contributed by atoms with Gasteiger partial charge in [-0.15, -0.1) is 0 Å². The van der Waals surface area contributed by atoms with Crippen LogP contribution in [-0.4, -0.2) is 32.0 Å². The van der Waals surface area contributed by atoms with E-state index < -0.39 is 0 Å². The van der Waals surface area contributed by atoms with Crippen LogP contribution in [0, 0.1) is 0 Å². The van der Waals surface area contributed by atoms with Crippen LogP contribution in [0.3, 0.4) is 0 Å². The van der Waals surface area contributed by atoms with E-state index in [1.807, 2.05) is 0 Å². The summed E-state index contributed by atoms with van der Waals surface area (Å²) in [6, 6.07) is 10.6. The molecule has 19 heavy (non-hydrogen) atoms. The molecule has 0 aliphatic carbocycles. The second kappa shape index (κ2) is 8.70. The van der Waals surface area contributed by atoms with Gasteiger partial charge in [-0.3, -0.25) is 4.99 Å². The molecule has 1 aromatic carbocycles. The average molecular weight is 259 g/mol. The lowest BCUT2D eigenvalue weighted by molar-refractivity contribution is 0.630. The number of aliphatic imine (C=N–C) groups is 1. The highest BCUT2D eigenvalue weighted by Crippen LogP contribution is 2.03. The van der Waals surface area contributed by atoms with Crippen molar-refractivity contribution in [2.45, 2.75) is 32.1 Å². The Labute approximate surface area is 116 Å². The smallest absolute Gasteiger partial charge is 0.0963 e. The molecule has 0 spiro atoms. The average Bonchev–Trinajstić information content (AvgIpc) is 2.48. The summed E-state index contributed by atoms with van der Waals surface area (Å²) < 4.78 is 0. The van der Waals surface area contributed by atoms with Gasteiger partial charge >= 0.3 is 0 Å². The zero-order valence-electron chi connectivity index (χ0n) is 11.7. The Hall–Kier alpha value is -1.35. The van der Waals surface area contributed by atoms with Gasteiger partial charge in [0.15, 0.2) is 0 Å². The lowest BCUT2D eigenvalue weighted by Crippen LogP contribution is -2.29. The molecule has 0 amide bonds. The quantitative estimate of drug-likeness (QED) is 0.738. The van der Waals surface area contributed by atoms with Crippen LogP contribution in [0.1, 0.15) is 31.2 Å². The van der Waals surface area contributed by atoms with Crippen LogP contribution in [-0.2, 0) is 6.42 Å². The van der Waals surface area contributed by atoms with Crippen LogP contribution in [0.5, 0.6) is 0 Å². The zero-order chi connectivity index (χ0) is 13.2. The van der Waals surface area contributed by atoms with Gasteiger partial charge < -0.3 is 10.6 Å². The molecule has 0 unspecified atom stereocenters. The Morgan fingerprint density at radius 1 is 1.00 bits per heavy atom. The number of nitrogens with zero attached hydrogens (tertiary/aromatic N) is 1. The van der Waals surface area contributed by atoms with Crippen LogP contribution in [0.4, 0.5) is 0 Å². The van der Waals surface area contributed by atoms with Gasteiger partial charge in [-0.2, -0.15) is 0 Å². The van der Waals surface area contributed by atoms with Crippen LogP contribution >= 0.6 is 0 Å². The highest BCUT2D eigenvalue weighted by Gasteiger charge is 2.03. The minimum atomic E-state index is 1.01. The number of benzene rings is 1. The summed E-state index contributed by atoms with van der Waals surface area (Å²) in [5.74, 6) is 1.22. The Morgan fingerprint density at radius 3 is 2.68 bits per heavy atom. The summed E-state index contributed by atoms with van der Waals surface area (Å²) in [5, 5.41) is 6.93. The Balaban J connectivity index is 1.45. The molecule has 0 saturated carbocycles. The molecule has 1 aliphatic rings. The predicted octanol–water partition coefficient (Wildman–Crippen LogP) is 2.38. The molecule has 2 rings (SSSR count). The molecule has 1 heterocycles. The lowest BCUT2D eigenvalue weighted by Gasteiger charge is -2.13. The highest BCUT2D eigenvalue weighted by molar-refractivity contribution is 5.82. The third-order valence-electron chi connectivity index (χ3n) is 3.42. The first kappa shape index (κ1) is 14.1. The number of nitrogens with one attached hydrogen (secondary N) is 2. The Morgan fingerprint density at radius 2 is 1.89 bits per heavy atom. The molecular weight excluding hydrogens is 234 g/mol. The van der Waals surface area contributed by atoms with Crippen molar-refractivity contribution in [1.82, 2.24) is 10.6 Å². The van der Waals surface area contributed by atoms with Crippen molar-refractivity contribution in [2.75, 3.05) is 26.2 Å². The van der Waals surface area contributed by atoms with E-state index in [0.29, 0.717) is 0 Å². The van der Waals surface area contributed by atoms with Crippen molar-refractivity contribution in [2.24, 2.45) is 4.99 Å². The van der Waals surface area contributed by atoms with Crippen molar-refractivity contribution >= 4 is 5.84 Å². The monoisotopic (exact) mass is 259 g/mol. The van der Waals surface area contributed by atoms with E-state index in [9.17, 15) is 0 Å². The van der Waals surface area contributed by atoms with E-state index in [0.717, 1.165) is 45.4 Å². The maximum absolute atomic E-state index is 4.49. The molecule has 3 nitrogen and oxygen atoms in total. The first-order chi connectivity index (χ1) is 9.45. The molecule has 0 aromatic heterocycles. The van der Waals surface area contributed by atoms with Gasteiger partial charge in [-0.1, -0.05) is 30.3 Å². The number of amidine groups is 1. The first-order valence-electron chi connectivity index (χ1n) is 7.47. The van der Waals surface area contributed by atoms with Gasteiger partial charge in [0.05, 0.1) is 5.84 Å². The van der Waals surface area contributed by atoms with Crippen molar-refractivity contribution in [1.29, 1.82) is 0 Å². The number of rotatable bonds is 7. The summed E-state index contributed by atoms with van der Waals surface area (Å²) in [6.45, 7) is 4.19. The summed E-state index contributed by atoms with van der Waals surface area (Å²) >= 11 is 0. The molecule has 104 valence electrons. The predicted molar refractivity (Wildman–Crippen MR) is 81.8 cm³/mol. The fourth-order valence-corrected chi connectivity index (χ4v) is 2.29. The van der Waals surface area contributed by atoms with E-state index in [1.54, 1.807) is 0 Å². The minimum absolute atomic E-state index is 1.01. The lowest BCUT2D eigenvalue weighted by atomic mass is 10.1. The van der Waals surface area contributed by atoms with E-state index in [1.165, 1.54) is 24.2 Å². The van der Waals surface area contributed by atoms with Crippen LogP contribution in [0.2, 0.25) is 0 Å². The molecule has 0 bridgehead atoms. The van der Waals surface area contributed by atoms with Gasteiger partial charge in [0.25, 0.3) is 0 Å². The fourth-order valence-electron chi connectivity index (χ4n) is 2.29. The highest BCUT2D eigenvalue weighted by atomic mass is 15.0. The van der Waals surface area contributed by atoms with E-state index in [-0.39, 0.29) is 0 Å². The van der Waals surface area contributed by atoms with Gasteiger partial charge in [0.1, 0.15) is 0 Å². The molecule has 0 saturated heterocycles. The molecule has 3 heteroatoms. The topological polar surface area (TPSA) is 36.4 Å². The molecule has 2 N–H and O–H groups in total. The summed E-state index contributed by atoms with van der Waals surface area (Å²) in [6.07, 6.45) is 5.96. The Bertz CT molecular complexity index is 373. The van der Waals surface area contributed by atoms with E-state index in [2.05, 4.69) is 46.0 Å². The summed E-state index contributed by atoms with van der Waals surface area (Å²) in [7, 11) is 0. The molecule has 0 fully saturated rings. The maximum atomic E-state index is 4.49. The second-order valence-electron chi connectivity index (χ2n) is 5.05. The van der Waals surface area contributed by atoms with Gasteiger partial charge in [0.2, 0.25) is 0 Å². The minimum Gasteiger partial charge on any atom is -0.374 e. The Kier molecular flexibility index (Phi) is 6.44. The van der Waals surface area contributed by atoms with Gasteiger partial charge in [-0.25, -0.2) is 0 Å².